The molecule has 0 radical (unpaired) electrons. The molecule has 3 aromatic rings. The van der Waals surface area contributed by atoms with Gasteiger partial charge in [0.25, 0.3) is 5.91 Å². The zero-order valence-corrected chi connectivity index (χ0v) is 22.8. The first-order valence-electron chi connectivity index (χ1n) is 11.9. The number of hydrazone groups is 1. The number of hydrogen-bond donors (Lipinski definition) is 1. The Kier molecular flexibility index (Phi) is 10.6. The number of benzene rings is 3. The quantitative estimate of drug-likeness (QED) is 0.146. The van der Waals surface area contributed by atoms with E-state index in [1.807, 2.05) is 57.2 Å². The van der Waals surface area contributed by atoms with Gasteiger partial charge in [-0.2, -0.15) is 5.10 Å². The monoisotopic (exact) mass is 566 g/mol. The minimum absolute atomic E-state index is 0.338. The van der Waals surface area contributed by atoms with Crippen LogP contribution in [-0.4, -0.2) is 31.9 Å². The van der Waals surface area contributed by atoms with E-state index < -0.39 is 0 Å². The van der Waals surface area contributed by atoms with Crippen molar-refractivity contribution in [3.63, 3.8) is 0 Å². The molecule has 3 aromatic carbocycles. The molecule has 194 valence electrons. The maximum absolute atomic E-state index is 12.7. The van der Waals surface area contributed by atoms with E-state index in [9.17, 15) is 4.79 Å². The molecule has 7 nitrogen and oxygen atoms in total. The van der Waals surface area contributed by atoms with Crippen molar-refractivity contribution >= 4 is 28.1 Å². The zero-order chi connectivity index (χ0) is 26.6. The van der Waals surface area contributed by atoms with Crippen LogP contribution in [0.4, 0.5) is 0 Å². The summed E-state index contributed by atoms with van der Waals surface area (Å²) >= 11 is 3.57. The fraction of sp³-hybridized carbons (Fsp3) is 0.241. The topological polar surface area (TPSA) is 78.4 Å². The molecule has 1 N–H and O–H groups in total. The molecule has 0 atom stereocenters. The maximum Gasteiger partial charge on any atom is 0.271 e. The molecule has 1 amide bonds. The number of rotatable bonds is 13. The van der Waals surface area contributed by atoms with Gasteiger partial charge in [-0.1, -0.05) is 42.5 Å². The third-order valence-corrected chi connectivity index (χ3v) is 5.67. The fourth-order valence-electron chi connectivity index (χ4n) is 3.32. The summed E-state index contributed by atoms with van der Waals surface area (Å²) in [6.07, 6.45) is 3.18. The summed E-state index contributed by atoms with van der Waals surface area (Å²) in [6, 6.07) is 16.8. The van der Waals surface area contributed by atoms with Crippen LogP contribution < -0.4 is 24.4 Å². The molecule has 0 fully saturated rings. The van der Waals surface area contributed by atoms with Gasteiger partial charge >= 0.3 is 0 Å². The van der Waals surface area contributed by atoms with Crippen molar-refractivity contribution in [3.8, 4) is 23.0 Å². The van der Waals surface area contributed by atoms with Gasteiger partial charge in [0.1, 0.15) is 13.2 Å². The molecule has 37 heavy (non-hydrogen) atoms. The molecule has 3 rings (SSSR count). The highest BCUT2D eigenvalue weighted by Gasteiger charge is 2.13. The minimum atomic E-state index is -0.380. The molecular weight excluding hydrogens is 536 g/mol. The molecule has 0 aliphatic carbocycles. The standard InChI is InChI=1S/C29H31BrN2O5/c1-5-14-36-25-13-12-23(17-26(25)34-6-2)29(33)32-31-18-22-15-24(30)28(27(16-22)35-7-3)37-19-21-10-8-20(4)9-11-21/h5,8-13,15-18H,1,6-7,14,19H2,2-4H3,(H,32,33)/b31-18+. The Labute approximate surface area is 226 Å². The number of ether oxygens (including phenoxy) is 4. The van der Waals surface area contributed by atoms with Crippen molar-refractivity contribution in [1.82, 2.24) is 5.43 Å². The Morgan fingerprint density at radius 2 is 1.68 bits per heavy atom. The number of aryl methyl sites for hydroxylation is 1. The molecule has 0 aliphatic rings. The Bertz CT molecular complexity index is 1240. The van der Waals surface area contributed by atoms with Crippen molar-refractivity contribution in [3.05, 3.63) is 94.0 Å². The van der Waals surface area contributed by atoms with E-state index in [-0.39, 0.29) is 5.91 Å². The van der Waals surface area contributed by atoms with Gasteiger partial charge < -0.3 is 18.9 Å². The molecule has 0 spiro atoms. The highest BCUT2D eigenvalue weighted by molar-refractivity contribution is 9.10. The molecule has 0 aromatic heterocycles. The SMILES string of the molecule is C=CCOc1ccc(C(=O)N/N=C/c2cc(Br)c(OCc3ccc(C)cc3)c(OCC)c2)cc1OCC. The Morgan fingerprint density at radius 1 is 0.946 bits per heavy atom. The average molecular weight is 567 g/mol. The van der Waals surface area contributed by atoms with Crippen LogP contribution in [-0.2, 0) is 6.61 Å². The van der Waals surface area contributed by atoms with Gasteiger partial charge in [-0.25, -0.2) is 5.43 Å². The summed E-state index contributed by atoms with van der Waals surface area (Å²) < 4.78 is 23.8. The van der Waals surface area contributed by atoms with Crippen LogP contribution in [0.3, 0.4) is 0 Å². The lowest BCUT2D eigenvalue weighted by atomic mass is 10.1. The van der Waals surface area contributed by atoms with E-state index in [1.165, 1.54) is 5.56 Å². The molecule has 0 heterocycles. The first-order chi connectivity index (χ1) is 17.9. The number of hydrogen-bond acceptors (Lipinski definition) is 6. The van der Waals surface area contributed by atoms with Gasteiger partial charge in [0.2, 0.25) is 0 Å². The van der Waals surface area contributed by atoms with E-state index >= 15 is 0 Å². The highest BCUT2D eigenvalue weighted by atomic mass is 79.9. The molecule has 0 saturated carbocycles. The second kappa shape index (κ2) is 14.1. The second-order valence-corrected chi connectivity index (χ2v) is 8.78. The van der Waals surface area contributed by atoms with Gasteiger partial charge in [-0.15, -0.1) is 0 Å². The number of carbonyl (C=O) groups excluding carboxylic acids is 1. The number of halogens is 1. The second-order valence-electron chi connectivity index (χ2n) is 7.93. The summed E-state index contributed by atoms with van der Waals surface area (Å²) in [5.41, 5.74) is 5.91. The van der Waals surface area contributed by atoms with Crippen LogP contribution in [0.2, 0.25) is 0 Å². The number of carbonyl (C=O) groups is 1. The van der Waals surface area contributed by atoms with E-state index in [4.69, 9.17) is 18.9 Å². The van der Waals surface area contributed by atoms with Crippen LogP contribution in [0.15, 0.2) is 76.8 Å². The van der Waals surface area contributed by atoms with Crippen molar-refractivity contribution in [1.29, 1.82) is 0 Å². The van der Waals surface area contributed by atoms with Crippen molar-refractivity contribution in [2.75, 3.05) is 19.8 Å². The van der Waals surface area contributed by atoms with E-state index in [0.29, 0.717) is 55.0 Å². The summed E-state index contributed by atoms with van der Waals surface area (Å²) in [5, 5.41) is 4.11. The number of amides is 1. The van der Waals surface area contributed by atoms with E-state index in [2.05, 4.69) is 33.0 Å². The van der Waals surface area contributed by atoms with Crippen molar-refractivity contribution in [2.45, 2.75) is 27.4 Å². The predicted octanol–water partition coefficient (Wildman–Crippen LogP) is 6.46. The highest BCUT2D eigenvalue weighted by Crippen LogP contribution is 2.37. The van der Waals surface area contributed by atoms with Crippen LogP contribution in [0.25, 0.3) is 0 Å². The van der Waals surface area contributed by atoms with Gasteiger partial charge in [0.15, 0.2) is 23.0 Å². The minimum Gasteiger partial charge on any atom is -0.490 e. The first kappa shape index (κ1) is 27.8. The molecule has 0 bridgehead atoms. The largest absolute Gasteiger partial charge is 0.490 e. The molecule has 0 aliphatic heterocycles. The summed E-state index contributed by atoms with van der Waals surface area (Å²) in [5.74, 6) is 1.82. The summed E-state index contributed by atoms with van der Waals surface area (Å²) in [4.78, 5) is 12.7. The lowest BCUT2D eigenvalue weighted by Gasteiger charge is -2.15. The zero-order valence-electron chi connectivity index (χ0n) is 21.3. The fourth-order valence-corrected chi connectivity index (χ4v) is 3.90. The third-order valence-electron chi connectivity index (χ3n) is 5.08. The van der Waals surface area contributed by atoms with Crippen molar-refractivity contribution < 1.29 is 23.7 Å². The smallest absolute Gasteiger partial charge is 0.271 e. The van der Waals surface area contributed by atoms with Crippen molar-refractivity contribution in [2.24, 2.45) is 5.10 Å². The number of nitrogens with one attached hydrogen (secondary N) is 1. The summed E-state index contributed by atoms with van der Waals surface area (Å²) in [6.45, 7) is 11.1. The van der Waals surface area contributed by atoms with Crippen LogP contribution >= 0.6 is 15.9 Å². The lowest BCUT2D eigenvalue weighted by Crippen LogP contribution is -2.17. The number of nitrogens with zero attached hydrogens (tertiary/aromatic N) is 1. The Balaban J connectivity index is 1.70. The Hall–Kier alpha value is -3.78. The summed E-state index contributed by atoms with van der Waals surface area (Å²) in [7, 11) is 0. The van der Waals surface area contributed by atoms with Crippen LogP contribution in [0, 0.1) is 6.92 Å². The molecular formula is C29H31BrN2O5. The van der Waals surface area contributed by atoms with Gasteiger partial charge in [-0.3, -0.25) is 4.79 Å². The Morgan fingerprint density at radius 3 is 2.38 bits per heavy atom. The molecule has 0 unspecified atom stereocenters. The normalized spacial score (nSPS) is 10.7. The first-order valence-corrected chi connectivity index (χ1v) is 12.7. The lowest BCUT2D eigenvalue weighted by molar-refractivity contribution is 0.0954. The van der Waals surface area contributed by atoms with Gasteiger partial charge in [0.05, 0.1) is 23.9 Å². The van der Waals surface area contributed by atoms with Gasteiger partial charge in [0, 0.05) is 5.56 Å². The molecule has 8 heteroatoms. The van der Waals surface area contributed by atoms with E-state index in [1.54, 1.807) is 30.5 Å². The third kappa shape index (κ3) is 8.11. The predicted molar refractivity (Wildman–Crippen MR) is 149 cm³/mol. The average Bonchev–Trinajstić information content (AvgIpc) is 2.88. The van der Waals surface area contributed by atoms with E-state index in [0.717, 1.165) is 15.6 Å². The van der Waals surface area contributed by atoms with Crippen LogP contribution in [0.5, 0.6) is 23.0 Å². The maximum atomic E-state index is 12.7. The van der Waals surface area contributed by atoms with Crippen LogP contribution in [0.1, 0.15) is 40.9 Å². The molecule has 0 saturated heterocycles. The van der Waals surface area contributed by atoms with Gasteiger partial charge in [-0.05, 0) is 78.2 Å².